The smallest absolute Gasteiger partial charge is 0.119 e. The van der Waals surface area contributed by atoms with E-state index in [1.54, 1.807) is 0 Å². The minimum Gasteiger partial charge on any atom is -0.513 e. The number of hydrogen-bond acceptors (Lipinski definition) is 2. The maximum Gasteiger partial charge on any atom is 0.119 e. The Morgan fingerprint density at radius 3 is 2.54 bits per heavy atom. The Morgan fingerprint density at radius 1 is 1.08 bits per heavy atom. The molecule has 3 rings (SSSR count). The monoisotopic (exact) mass is 326 g/mol. The molecule has 0 amide bonds. The number of benzene rings is 1. The van der Waals surface area contributed by atoms with Crippen LogP contribution in [0.15, 0.2) is 48.3 Å². The van der Waals surface area contributed by atoms with Gasteiger partial charge in [-0.1, -0.05) is 44.1 Å². The molecule has 2 aliphatic rings. The predicted octanol–water partition coefficient (Wildman–Crippen LogP) is 6.13. The van der Waals surface area contributed by atoms with Crippen LogP contribution in [0, 0.1) is 5.41 Å². The standard InChI is InChI=1S/C22H30O2/c1-18(23)7-8-19-9-11-21(12-10-19)24-17-20-6-5-15-22(16-20)13-3-2-4-14-22/h6,9-12,23H,1-5,7-8,13-17H2. The molecule has 1 N–H and O–H groups in total. The second-order valence-corrected chi connectivity index (χ2v) is 7.64. The van der Waals surface area contributed by atoms with E-state index in [0.717, 1.165) is 18.8 Å². The molecule has 130 valence electrons. The summed E-state index contributed by atoms with van der Waals surface area (Å²) in [5, 5.41) is 9.18. The molecule has 2 nitrogen and oxygen atoms in total. The average Bonchev–Trinajstić information content (AvgIpc) is 2.60. The van der Waals surface area contributed by atoms with Crippen LogP contribution in [-0.4, -0.2) is 11.7 Å². The normalized spacial score (nSPS) is 19.8. The lowest BCUT2D eigenvalue weighted by atomic mass is 9.65. The molecule has 2 aliphatic carbocycles. The van der Waals surface area contributed by atoms with Gasteiger partial charge in [0.25, 0.3) is 0 Å². The maximum absolute atomic E-state index is 9.18. The van der Waals surface area contributed by atoms with Gasteiger partial charge in [-0.05, 0) is 67.2 Å². The third-order valence-electron chi connectivity index (χ3n) is 5.67. The quantitative estimate of drug-likeness (QED) is 0.503. The fraction of sp³-hybridized carbons (Fsp3) is 0.545. The third kappa shape index (κ3) is 4.66. The fourth-order valence-corrected chi connectivity index (χ4v) is 4.28. The summed E-state index contributed by atoms with van der Waals surface area (Å²) in [6.45, 7) is 4.26. The van der Waals surface area contributed by atoms with E-state index in [1.807, 2.05) is 12.1 Å². The summed E-state index contributed by atoms with van der Waals surface area (Å²) in [6, 6.07) is 8.23. The molecule has 2 heteroatoms. The van der Waals surface area contributed by atoms with Crippen molar-refractivity contribution in [3.63, 3.8) is 0 Å². The van der Waals surface area contributed by atoms with Gasteiger partial charge in [0.05, 0.1) is 5.76 Å². The number of allylic oxidation sites excluding steroid dienone is 2. The number of aliphatic hydroxyl groups is 1. The number of ether oxygens (including phenoxy) is 1. The van der Waals surface area contributed by atoms with Crippen LogP contribution in [-0.2, 0) is 6.42 Å². The van der Waals surface area contributed by atoms with Gasteiger partial charge < -0.3 is 9.84 Å². The molecule has 0 aromatic heterocycles. The zero-order valence-electron chi connectivity index (χ0n) is 14.7. The summed E-state index contributed by atoms with van der Waals surface area (Å²) < 4.78 is 6.02. The van der Waals surface area contributed by atoms with Gasteiger partial charge in [-0.3, -0.25) is 0 Å². The Hall–Kier alpha value is -1.70. The second kappa shape index (κ2) is 7.92. The van der Waals surface area contributed by atoms with E-state index in [2.05, 4.69) is 24.8 Å². The molecule has 0 atom stereocenters. The first-order chi connectivity index (χ1) is 11.7. The molecule has 1 aromatic carbocycles. The van der Waals surface area contributed by atoms with Crippen molar-refractivity contribution in [3.05, 3.63) is 53.8 Å². The largest absolute Gasteiger partial charge is 0.513 e. The van der Waals surface area contributed by atoms with Crippen LogP contribution in [0.2, 0.25) is 0 Å². The van der Waals surface area contributed by atoms with E-state index in [-0.39, 0.29) is 5.76 Å². The van der Waals surface area contributed by atoms with Crippen LogP contribution < -0.4 is 4.74 Å². The van der Waals surface area contributed by atoms with E-state index in [0.29, 0.717) is 11.8 Å². The molecule has 1 fully saturated rings. The fourth-order valence-electron chi connectivity index (χ4n) is 4.28. The highest BCUT2D eigenvalue weighted by atomic mass is 16.5. The van der Waals surface area contributed by atoms with Crippen LogP contribution in [0.1, 0.15) is 63.4 Å². The Morgan fingerprint density at radius 2 is 1.83 bits per heavy atom. The van der Waals surface area contributed by atoms with Crippen LogP contribution in [0.3, 0.4) is 0 Å². The Labute approximate surface area is 146 Å². The summed E-state index contributed by atoms with van der Waals surface area (Å²) in [7, 11) is 0. The number of rotatable bonds is 6. The highest BCUT2D eigenvalue weighted by Crippen LogP contribution is 2.47. The van der Waals surface area contributed by atoms with Gasteiger partial charge in [-0.15, -0.1) is 0 Å². The lowest BCUT2D eigenvalue weighted by Crippen LogP contribution is -2.28. The van der Waals surface area contributed by atoms with Crippen LogP contribution in [0.4, 0.5) is 0 Å². The summed E-state index contributed by atoms with van der Waals surface area (Å²) in [5.74, 6) is 1.18. The van der Waals surface area contributed by atoms with Crippen molar-refractivity contribution in [2.75, 3.05) is 6.61 Å². The molecule has 1 aromatic rings. The van der Waals surface area contributed by atoms with E-state index in [4.69, 9.17) is 4.74 Å². The van der Waals surface area contributed by atoms with Crippen LogP contribution in [0.25, 0.3) is 0 Å². The molecular formula is C22H30O2. The molecule has 24 heavy (non-hydrogen) atoms. The molecular weight excluding hydrogens is 296 g/mol. The molecule has 0 saturated heterocycles. The zero-order valence-corrected chi connectivity index (χ0v) is 14.7. The van der Waals surface area contributed by atoms with Crippen molar-refractivity contribution in [2.45, 2.75) is 64.2 Å². The minimum absolute atomic E-state index is 0.246. The van der Waals surface area contributed by atoms with E-state index in [1.165, 1.54) is 62.5 Å². The first-order valence-electron chi connectivity index (χ1n) is 9.42. The van der Waals surface area contributed by atoms with Crippen molar-refractivity contribution < 1.29 is 9.84 Å². The molecule has 0 aliphatic heterocycles. The molecule has 1 saturated carbocycles. The lowest BCUT2D eigenvalue weighted by Gasteiger charge is -2.40. The average molecular weight is 326 g/mol. The van der Waals surface area contributed by atoms with Crippen LogP contribution >= 0.6 is 0 Å². The minimum atomic E-state index is 0.246. The van der Waals surface area contributed by atoms with Crippen molar-refractivity contribution >= 4 is 0 Å². The van der Waals surface area contributed by atoms with Gasteiger partial charge in [0.2, 0.25) is 0 Å². The van der Waals surface area contributed by atoms with Gasteiger partial charge >= 0.3 is 0 Å². The third-order valence-corrected chi connectivity index (χ3v) is 5.67. The molecule has 0 heterocycles. The first kappa shape index (κ1) is 17.1. The van der Waals surface area contributed by atoms with Crippen molar-refractivity contribution in [3.8, 4) is 5.75 Å². The van der Waals surface area contributed by atoms with Gasteiger partial charge in [0.15, 0.2) is 0 Å². The zero-order chi connectivity index (χ0) is 16.8. The van der Waals surface area contributed by atoms with Gasteiger partial charge in [-0.2, -0.15) is 0 Å². The molecule has 0 radical (unpaired) electrons. The Kier molecular flexibility index (Phi) is 5.65. The Balaban J connectivity index is 1.50. The van der Waals surface area contributed by atoms with Crippen molar-refractivity contribution in [2.24, 2.45) is 5.41 Å². The van der Waals surface area contributed by atoms with Crippen molar-refractivity contribution in [1.29, 1.82) is 0 Å². The summed E-state index contributed by atoms with van der Waals surface area (Å²) in [5.41, 5.74) is 3.28. The molecule has 0 unspecified atom stereocenters. The van der Waals surface area contributed by atoms with E-state index < -0.39 is 0 Å². The van der Waals surface area contributed by atoms with Crippen LogP contribution in [0.5, 0.6) is 5.75 Å². The van der Waals surface area contributed by atoms with E-state index in [9.17, 15) is 5.11 Å². The van der Waals surface area contributed by atoms with E-state index >= 15 is 0 Å². The lowest BCUT2D eigenvalue weighted by molar-refractivity contribution is 0.158. The van der Waals surface area contributed by atoms with Gasteiger partial charge in [-0.25, -0.2) is 0 Å². The Bertz CT molecular complexity index is 576. The van der Waals surface area contributed by atoms with Gasteiger partial charge in [0.1, 0.15) is 12.4 Å². The highest BCUT2D eigenvalue weighted by Gasteiger charge is 2.34. The van der Waals surface area contributed by atoms with Gasteiger partial charge in [0, 0.05) is 6.42 Å². The number of aryl methyl sites for hydroxylation is 1. The summed E-state index contributed by atoms with van der Waals surface area (Å²) in [4.78, 5) is 0. The maximum atomic E-state index is 9.18. The predicted molar refractivity (Wildman–Crippen MR) is 99.5 cm³/mol. The number of hydrogen-bond donors (Lipinski definition) is 1. The number of aliphatic hydroxyl groups excluding tert-OH is 1. The summed E-state index contributed by atoms with van der Waals surface area (Å²) >= 11 is 0. The topological polar surface area (TPSA) is 29.5 Å². The second-order valence-electron chi connectivity index (χ2n) is 7.64. The van der Waals surface area contributed by atoms with Crippen molar-refractivity contribution in [1.82, 2.24) is 0 Å². The highest BCUT2D eigenvalue weighted by molar-refractivity contribution is 5.28. The summed E-state index contributed by atoms with van der Waals surface area (Å²) in [6.07, 6.45) is 14.8. The molecule has 1 spiro atoms. The molecule has 0 bridgehead atoms. The SMILES string of the molecule is C=C(O)CCc1ccc(OCC2=CCCC3(CCCCC3)C2)cc1. The first-order valence-corrected chi connectivity index (χ1v) is 9.42.